The summed E-state index contributed by atoms with van der Waals surface area (Å²) in [5, 5.41) is 9.29. The van der Waals surface area contributed by atoms with Crippen LogP contribution in [0.5, 0.6) is 0 Å². The van der Waals surface area contributed by atoms with E-state index in [1.165, 1.54) is 18.0 Å². The van der Waals surface area contributed by atoms with Crippen molar-refractivity contribution in [3.8, 4) is 0 Å². The van der Waals surface area contributed by atoms with E-state index in [0.29, 0.717) is 10.6 Å². The predicted octanol–water partition coefficient (Wildman–Crippen LogP) is 3.53. The van der Waals surface area contributed by atoms with Crippen LogP contribution in [0, 0.1) is 0 Å². The highest BCUT2D eigenvalue weighted by molar-refractivity contribution is 9.10. The second-order valence-electron chi connectivity index (χ2n) is 5.49. The van der Waals surface area contributed by atoms with Gasteiger partial charge in [-0.3, -0.25) is 10.2 Å². The van der Waals surface area contributed by atoms with Gasteiger partial charge in [0.25, 0.3) is 0 Å². The van der Waals surface area contributed by atoms with Crippen molar-refractivity contribution in [2.24, 2.45) is 5.10 Å². The number of hydrazine groups is 1. The largest absolute Gasteiger partial charge is 0.348 e. The summed E-state index contributed by atoms with van der Waals surface area (Å²) in [4.78, 5) is 12.9. The van der Waals surface area contributed by atoms with Gasteiger partial charge in [0.2, 0.25) is 10.1 Å². The molecule has 10 heteroatoms. The first kappa shape index (κ1) is 17.7. The molecule has 3 N–H and O–H groups in total. The number of hydrogen-bond donors (Lipinski definition) is 3. The Labute approximate surface area is 172 Å². The topological polar surface area (TPSA) is 68.8 Å². The van der Waals surface area contributed by atoms with Crippen LogP contribution in [0.3, 0.4) is 0 Å². The van der Waals surface area contributed by atoms with Crippen LogP contribution in [0.2, 0.25) is 5.02 Å². The Bertz CT molecular complexity index is 956. The fourth-order valence-electron chi connectivity index (χ4n) is 2.51. The smallest absolute Gasteiger partial charge is 0.303 e. The number of thioether (sulfide) groups is 1. The maximum Gasteiger partial charge on any atom is 0.303 e. The number of benzene rings is 2. The van der Waals surface area contributed by atoms with Gasteiger partial charge in [-0.05, 0) is 36.5 Å². The number of anilines is 1. The van der Waals surface area contributed by atoms with Crippen LogP contribution in [0.4, 0.5) is 5.69 Å². The molecule has 1 spiro atoms. The van der Waals surface area contributed by atoms with E-state index in [2.05, 4.69) is 37.2 Å². The zero-order valence-corrected chi connectivity index (χ0v) is 17.0. The Kier molecular flexibility index (Phi) is 4.66. The van der Waals surface area contributed by atoms with Crippen molar-refractivity contribution in [2.75, 3.05) is 5.32 Å². The van der Waals surface area contributed by atoms with Gasteiger partial charge in [0.15, 0.2) is 0 Å². The lowest BCUT2D eigenvalue weighted by atomic mass is 10.2. The van der Waals surface area contributed by atoms with Crippen molar-refractivity contribution in [2.45, 2.75) is 9.89 Å². The Morgan fingerprint density at radius 3 is 2.92 bits per heavy atom. The van der Waals surface area contributed by atoms with Gasteiger partial charge in [-0.25, -0.2) is 0 Å². The van der Waals surface area contributed by atoms with Crippen LogP contribution in [-0.2, 0) is 4.79 Å². The zero-order chi connectivity index (χ0) is 18.3. The highest BCUT2D eigenvalue weighted by atomic mass is 79.9. The van der Waals surface area contributed by atoms with Crippen molar-refractivity contribution in [1.82, 2.24) is 15.9 Å². The molecule has 6 nitrogen and oxygen atoms in total. The van der Waals surface area contributed by atoms with Crippen molar-refractivity contribution in [3.63, 3.8) is 0 Å². The lowest BCUT2D eigenvalue weighted by Gasteiger charge is -2.37. The molecule has 0 saturated carbocycles. The monoisotopic (exact) mass is 467 g/mol. The van der Waals surface area contributed by atoms with E-state index in [-0.39, 0.29) is 11.0 Å². The molecule has 1 unspecified atom stereocenters. The average Bonchev–Trinajstić information content (AvgIpc) is 2.99. The average molecular weight is 469 g/mol. The number of nitrogens with zero attached hydrogens (tertiary/aromatic N) is 2. The molecule has 1 fully saturated rings. The summed E-state index contributed by atoms with van der Waals surface area (Å²) in [6, 6.07) is 13.0. The van der Waals surface area contributed by atoms with E-state index in [9.17, 15) is 4.79 Å². The lowest BCUT2D eigenvalue weighted by molar-refractivity contribution is -0.131. The minimum atomic E-state index is -1.14. The number of hydrogen-bond acceptors (Lipinski definition) is 6. The summed E-state index contributed by atoms with van der Waals surface area (Å²) in [7, 11) is 0. The molecule has 2 aromatic rings. The first-order valence-electron chi connectivity index (χ1n) is 7.45. The predicted molar refractivity (Wildman–Crippen MR) is 111 cm³/mol. The van der Waals surface area contributed by atoms with Crippen molar-refractivity contribution >= 4 is 74.4 Å². The highest BCUT2D eigenvalue weighted by Gasteiger charge is 2.51. The maximum absolute atomic E-state index is 13.1. The first-order valence-corrected chi connectivity index (χ1v) is 9.85. The van der Waals surface area contributed by atoms with Gasteiger partial charge in [0.05, 0.1) is 11.9 Å². The molecule has 1 atom stereocenters. The summed E-state index contributed by atoms with van der Waals surface area (Å²) in [5.41, 5.74) is 7.34. The Balaban J connectivity index is 1.62. The molecule has 2 heterocycles. The number of rotatable bonds is 2. The van der Waals surface area contributed by atoms with Gasteiger partial charge >= 0.3 is 5.91 Å². The zero-order valence-electron chi connectivity index (χ0n) is 13.0. The molecule has 2 aliphatic heterocycles. The van der Waals surface area contributed by atoms with E-state index >= 15 is 0 Å². The molecule has 2 aliphatic rings. The summed E-state index contributed by atoms with van der Waals surface area (Å²) in [6.45, 7) is 0. The molecule has 132 valence electrons. The van der Waals surface area contributed by atoms with E-state index < -0.39 is 4.99 Å². The van der Waals surface area contributed by atoms with Gasteiger partial charge < -0.3 is 5.32 Å². The Morgan fingerprint density at radius 2 is 2.12 bits per heavy atom. The van der Waals surface area contributed by atoms with Crippen molar-refractivity contribution in [1.29, 1.82) is 0 Å². The molecule has 0 aromatic heterocycles. The minimum Gasteiger partial charge on any atom is -0.348 e. The van der Waals surface area contributed by atoms with E-state index in [1.54, 1.807) is 12.1 Å². The normalized spacial score (nSPS) is 21.8. The summed E-state index contributed by atoms with van der Waals surface area (Å²) in [6.07, 6.45) is 1.51. The molecule has 1 amide bonds. The van der Waals surface area contributed by atoms with Crippen LogP contribution in [0.15, 0.2) is 56.9 Å². The van der Waals surface area contributed by atoms with E-state index in [0.717, 1.165) is 20.1 Å². The summed E-state index contributed by atoms with van der Waals surface area (Å²) >= 11 is 16.1. The Hall–Kier alpha value is -1.65. The highest BCUT2D eigenvalue weighted by Crippen LogP contribution is 2.46. The maximum atomic E-state index is 13.1. The van der Waals surface area contributed by atoms with Crippen LogP contribution in [0.1, 0.15) is 5.56 Å². The number of amides is 1. The van der Waals surface area contributed by atoms with Crippen LogP contribution >= 0.6 is 51.5 Å². The van der Waals surface area contributed by atoms with E-state index in [1.807, 2.05) is 30.3 Å². The molecule has 4 rings (SSSR count). The van der Waals surface area contributed by atoms with Crippen LogP contribution < -0.4 is 16.2 Å². The first-order chi connectivity index (χ1) is 12.5. The third-order valence-electron chi connectivity index (χ3n) is 3.77. The molecule has 2 aromatic carbocycles. The number of carbonyl (C=O) groups is 1. The van der Waals surface area contributed by atoms with Crippen LogP contribution in [0.25, 0.3) is 0 Å². The van der Waals surface area contributed by atoms with Gasteiger partial charge in [0.1, 0.15) is 0 Å². The summed E-state index contributed by atoms with van der Waals surface area (Å²) < 4.78 is 0.933. The lowest BCUT2D eigenvalue weighted by Crippen LogP contribution is -2.70. The van der Waals surface area contributed by atoms with Crippen molar-refractivity contribution in [3.05, 3.63) is 57.5 Å². The second kappa shape index (κ2) is 6.82. The quantitative estimate of drug-likeness (QED) is 0.463. The SMILES string of the molecule is O=C1N(/N=C/c2ccccc2Cl)C(=S)NNC12Nc1ccc(Br)cc1S2. The molecule has 26 heavy (non-hydrogen) atoms. The number of nitrogens with one attached hydrogen (secondary N) is 3. The molecule has 0 bridgehead atoms. The van der Waals surface area contributed by atoms with Crippen LogP contribution in [-0.4, -0.2) is 27.2 Å². The minimum absolute atomic E-state index is 0.156. The number of hydrazone groups is 1. The number of thiocarbonyl (C=S) groups is 1. The fourth-order valence-corrected chi connectivity index (χ4v) is 4.57. The van der Waals surface area contributed by atoms with Gasteiger partial charge in [-0.2, -0.15) is 15.5 Å². The molecule has 1 saturated heterocycles. The molecule has 0 aliphatic carbocycles. The fraction of sp³-hybridized carbons (Fsp3) is 0.0625. The molecule has 0 radical (unpaired) electrons. The molecular formula is C16H11BrClN5OS2. The number of halogens is 2. The van der Waals surface area contributed by atoms with Gasteiger partial charge in [-0.1, -0.05) is 57.5 Å². The van der Waals surface area contributed by atoms with Gasteiger partial charge in [-0.15, -0.1) is 0 Å². The third kappa shape index (κ3) is 3.10. The third-order valence-corrected chi connectivity index (χ3v) is 6.12. The van der Waals surface area contributed by atoms with E-state index in [4.69, 9.17) is 23.8 Å². The standard InChI is InChI=1S/C16H11BrClN5OS2/c17-10-5-6-12-13(7-10)26-16(20-12)14(24)23(15(25)21-22-16)19-8-9-3-1-2-4-11(9)18/h1-8,20,22H,(H,21,25)/b19-8+. The van der Waals surface area contributed by atoms with Crippen molar-refractivity contribution < 1.29 is 4.79 Å². The second-order valence-corrected chi connectivity index (χ2v) is 8.45. The summed E-state index contributed by atoms with van der Waals surface area (Å²) in [5.74, 6) is -0.332. The van der Waals surface area contributed by atoms with Gasteiger partial charge in [0, 0.05) is 20.0 Å². The number of fused-ring (bicyclic) bond motifs is 1. The Morgan fingerprint density at radius 1 is 1.31 bits per heavy atom. The number of carbonyl (C=O) groups excluding carboxylic acids is 1. The molecular weight excluding hydrogens is 458 g/mol.